The monoisotopic (exact) mass is 290 g/mol. The van der Waals surface area contributed by atoms with E-state index in [-0.39, 0.29) is 5.95 Å². The van der Waals surface area contributed by atoms with Gasteiger partial charge in [0.15, 0.2) is 5.82 Å². The van der Waals surface area contributed by atoms with Crippen molar-refractivity contribution in [2.45, 2.75) is 32.7 Å². The lowest BCUT2D eigenvalue weighted by atomic mass is 10.1. The Bertz CT molecular complexity index is 607. The first kappa shape index (κ1) is 13.5. The number of nitrogens with two attached hydrogens (primary N) is 1. The molecule has 9 nitrogen and oxygen atoms in total. The van der Waals surface area contributed by atoms with Crippen LogP contribution in [0.25, 0.3) is 0 Å². The van der Waals surface area contributed by atoms with Crippen molar-refractivity contribution in [3.8, 4) is 0 Å². The number of anilines is 3. The minimum Gasteiger partial charge on any atom is -0.368 e. The van der Waals surface area contributed by atoms with Gasteiger partial charge in [-0.3, -0.25) is 0 Å². The van der Waals surface area contributed by atoms with Gasteiger partial charge in [0.25, 0.3) is 0 Å². The summed E-state index contributed by atoms with van der Waals surface area (Å²) in [7, 11) is 0. The van der Waals surface area contributed by atoms with E-state index in [1.54, 1.807) is 6.92 Å². The molecule has 0 bridgehead atoms. The van der Waals surface area contributed by atoms with E-state index >= 15 is 0 Å². The number of piperidine rings is 1. The van der Waals surface area contributed by atoms with E-state index in [0.717, 1.165) is 25.9 Å². The van der Waals surface area contributed by atoms with Gasteiger partial charge in [-0.25, -0.2) is 0 Å². The SMILES string of the molecule is Cc1nc(CNc2nc(N)nc(N3CCCCC3)n2)no1. The fraction of sp³-hybridized carbons (Fsp3) is 0.583. The topological polar surface area (TPSA) is 119 Å². The minimum absolute atomic E-state index is 0.206. The number of rotatable bonds is 4. The van der Waals surface area contributed by atoms with Gasteiger partial charge >= 0.3 is 0 Å². The average molecular weight is 290 g/mol. The smallest absolute Gasteiger partial charge is 0.231 e. The lowest BCUT2D eigenvalue weighted by Crippen LogP contribution is -2.31. The zero-order valence-electron chi connectivity index (χ0n) is 11.9. The number of hydrogen-bond donors (Lipinski definition) is 2. The van der Waals surface area contributed by atoms with E-state index < -0.39 is 0 Å². The van der Waals surface area contributed by atoms with Crippen LogP contribution in [0.2, 0.25) is 0 Å². The highest BCUT2D eigenvalue weighted by Gasteiger charge is 2.15. The van der Waals surface area contributed by atoms with Crippen molar-refractivity contribution >= 4 is 17.8 Å². The summed E-state index contributed by atoms with van der Waals surface area (Å²) in [6.45, 7) is 4.02. The molecule has 1 saturated heterocycles. The molecule has 0 aliphatic carbocycles. The number of nitrogen functional groups attached to an aromatic ring is 1. The van der Waals surface area contributed by atoms with Crippen LogP contribution in [0.15, 0.2) is 4.52 Å². The van der Waals surface area contributed by atoms with Crippen molar-refractivity contribution in [3.63, 3.8) is 0 Å². The molecule has 0 radical (unpaired) electrons. The van der Waals surface area contributed by atoms with Crippen LogP contribution < -0.4 is 16.0 Å². The Balaban J connectivity index is 1.71. The molecule has 2 aromatic rings. The van der Waals surface area contributed by atoms with E-state index in [9.17, 15) is 0 Å². The third-order valence-corrected chi connectivity index (χ3v) is 3.25. The van der Waals surface area contributed by atoms with E-state index in [1.165, 1.54) is 6.42 Å². The summed E-state index contributed by atoms with van der Waals surface area (Å²) in [5.74, 6) is 2.32. The summed E-state index contributed by atoms with van der Waals surface area (Å²) < 4.78 is 4.91. The van der Waals surface area contributed by atoms with Gasteiger partial charge in [-0.2, -0.15) is 19.9 Å². The number of nitrogens with one attached hydrogen (secondary N) is 1. The van der Waals surface area contributed by atoms with E-state index in [0.29, 0.717) is 30.2 Å². The first-order chi connectivity index (χ1) is 10.2. The van der Waals surface area contributed by atoms with Gasteiger partial charge in [0.1, 0.15) is 0 Å². The van der Waals surface area contributed by atoms with Crippen LogP contribution >= 0.6 is 0 Å². The van der Waals surface area contributed by atoms with Gasteiger partial charge < -0.3 is 20.5 Å². The highest BCUT2D eigenvalue weighted by Crippen LogP contribution is 2.17. The molecule has 112 valence electrons. The minimum atomic E-state index is 0.206. The molecule has 0 amide bonds. The van der Waals surface area contributed by atoms with Crippen LogP contribution in [0.1, 0.15) is 31.0 Å². The average Bonchev–Trinajstić information content (AvgIpc) is 2.91. The highest BCUT2D eigenvalue weighted by molar-refractivity contribution is 5.42. The molecule has 0 unspecified atom stereocenters. The third-order valence-electron chi connectivity index (χ3n) is 3.25. The lowest BCUT2D eigenvalue weighted by Gasteiger charge is -2.26. The summed E-state index contributed by atoms with van der Waals surface area (Å²) >= 11 is 0. The summed E-state index contributed by atoms with van der Waals surface area (Å²) in [5, 5.41) is 6.84. The second-order valence-corrected chi connectivity index (χ2v) is 4.95. The number of hydrogen-bond acceptors (Lipinski definition) is 9. The van der Waals surface area contributed by atoms with Gasteiger partial charge in [-0.05, 0) is 19.3 Å². The summed E-state index contributed by atoms with van der Waals surface area (Å²) in [5.41, 5.74) is 5.76. The Morgan fingerprint density at radius 1 is 1.14 bits per heavy atom. The second kappa shape index (κ2) is 5.90. The molecule has 1 fully saturated rings. The molecule has 3 rings (SSSR count). The molecule has 2 aromatic heterocycles. The van der Waals surface area contributed by atoms with Crippen LogP contribution in [0.5, 0.6) is 0 Å². The van der Waals surface area contributed by atoms with Crippen molar-refractivity contribution in [3.05, 3.63) is 11.7 Å². The van der Waals surface area contributed by atoms with Crippen LogP contribution in [0, 0.1) is 6.92 Å². The summed E-state index contributed by atoms with van der Waals surface area (Å²) in [4.78, 5) is 18.9. The first-order valence-electron chi connectivity index (χ1n) is 7.00. The quantitative estimate of drug-likeness (QED) is 0.840. The van der Waals surface area contributed by atoms with Gasteiger partial charge in [-0.1, -0.05) is 5.16 Å². The van der Waals surface area contributed by atoms with Crippen LogP contribution in [-0.4, -0.2) is 38.2 Å². The maximum Gasteiger partial charge on any atom is 0.231 e. The van der Waals surface area contributed by atoms with Crippen LogP contribution in [0.3, 0.4) is 0 Å². The van der Waals surface area contributed by atoms with Gasteiger partial charge in [0, 0.05) is 20.0 Å². The Kier molecular flexibility index (Phi) is 3.80. The Morgan fingerprint density at radius 2 is 1.95 bits per heavy atom. The molecule has 1 aliphatic heterocycles. The molecule has 0 spiro atoms. The van der Waals surface area contributed by atoms with Crippen LogP contribution in [-0.2, 0) is 6.54 Å². The Hall–Kier alpha value is -2.45. The van der Waals surface area contributed by atoms with Crippen molar-refractivity contribution < 1.29 is 4.52 Å². The standard InChI is InChI=1S/C12H18N8O/c1-8-15-9(19-21-8)7-14-11-16-10(13)17-12(18-11)20-5-3-2-4-6-20/h2-7H2,1H3,(H3,13,14,16,17,18). The maximum absolute atomic E-state index is 5.76. The predicted octanol–water partition coefficient (Wildman–Crippen LogP) is 0.748. The van der Waals surface area contributed by atoms with Gasteiger partial charge in [-0.15, -0.1) is 0 Å². The van der Waals surface area contributed by atoms with E-state index in [4.69, 9.17) is 10.3 Å². The molecule has 3 heterocycles. The Labute approximate surface area is 122 Å². The van der Waals surface area contributed by atoms with Crippen molar-refractivity contribution in [1.82, 2.24) is 25.1 Å². The van der Waals surface area contributed by atoms with E-state index in [1.807, 2.05) is 0 Å². The molecule has 0 atom stereocenters. The zero-order chi connectivity index (χ0) is 14.7. The fourth-order valence-corrected chi connectivity index (χ4v) is 2.27. The normalized spacial score (nSPS) is 15.2. The van der Waals surface area contributed by atoms with Crippen LogP contribution in [0.4, 0.5) is 17.8 Å². The molecular formula is C12H18N8O. The largest absolute Gasteiger partial charge is 0.368 e. The predicted molar refractivity (Wildman–Crippen MR) is 76.7 cm³/mol. The maximum atomic E-state index is 5.76. The summed E-state index contributed by atoms with van der Waals surface area (Å²) in [6, 6.07) is 0. The second-order valence-electron chi connectivity index (χ2n) is 4.95. The molecule has 21 heavy (non-hydrogen) atoms. The lowest BCUT2D eigenvalue weighted by molar-refractivity contribution is 0.388. The summed E-state index contributed by atoms with van der Waals surface area (Å²) in [6.07, 6.45) is 3.55. The van der Waals surface area contributed by atoms with Gasteiger partial charge in [0.05, 0.1) is 6.54 Å². The van der Waals surface area contributed by atoms with E-state index in [2.05, 4.69) is 35.3 Å². The van der Waals surface area contributed by atoms with Crippen molar-refractivity contribution in [1.29, 1.82) is 0 Å². The molecule has 1 aliphatic rings. The van der Waals surface area contributed by atoms with Crippen molar-refractivity contribution in [2.75, 3.05) is 29.0 Å². The fourth-order valence-electron chi connectivity index (χ4n) is 2.27. The first-order valence-corrected chi connectivity index (χ1v) is 7.00. The third kappa shape index (κ3) is 3.36. The molecule has 9 heteroatoms. The van der Waals surface area contributed by atoms with Crippen molar-refractivity contribution in [2.24, 2.45) is 0 Å². The molecule has 0 saturated carbocycles. The molecular weight excluding hydrogens is 272 g/mol. The molecule has 0 aromatic carbocycles. The highest BCUT2D eigenvalue weighted by atomic mass is 16.5. The Morgan fingerprint density at radius 3 is 2.67 bits per heavy atom. The zero-order valence-corrected chi connectivity index (χ0v) is 11.9. The number of nitrogens with zero attached hydrogens (tertiary/aromatic N) is 6. The molecule has 3 N–H and O–H groups in total. The van der Waals surface area contributed by atoms with Gasteiger partial charge in [0.2, 0.25) is 23.7 Å². The number of aryl methyl sites for hydroxylation is 1. The number of aromatic nitrogens is 5.